The number of carbonyl (C=O) groups is 1. The van der Waals surface area contributed by atoms with Gasteiger partial charge in [0.15, 0.2) is 5.15 Å². The van der Waals surface area contributed by atoms with Crippen LogP contribution in [0.15, 0.2) is 35.5 Å². The van der Waals surface area contributed by atoms with Crippen LogP contribution in [0.5, 0.6) is 0 Å². The molecule has 2 aromatic rings. The van der Waals surface area contributed by atoms with Gasteiger partial charge in [0, 0.05) is 0 Å². The molecule has 1 heterocycles. The van der Waals surface area contributed by atoms with Crippen molar-refractivity contribution in [2.75, 3.05) is 13.2 Å². The SMILES string of the molecule is NC(COCCc1ccc(F)c(Cl)c1)=NC(=O)c1ccnnc1Cl. The van der Waals surface area contributed by atoms with E-state index in [2.05, 4.69) is 15.2 Å². The lowest BCUT2D eigenvalue weighted by Gasteiger charge is -2.05. The van der Waals surface area contributed by atoms with Gasteiger partial charge >= 0.3 is 0 Å². The minimum atomic E-state index is -0.624. The number of benzene rings is 1. The fourth-order valence-electron chi connectivity index (χ4n) is 1.76. The van der Waals surface area contributed by atoms with E-state index in [-0.39, 0.29) is 28.2 Å². The minimum Gasteiger partial charge on any atom is -0.385 e. The molecule has 0 atom stereocenters. The van der Waals surface area contributed by atoms with Crippen LogP contribution in [-0.2, 0) is 11.2 Å². The van der Waals surface area contributed by atoms with Crippen molar-refractivity contribution in [1.29, 1.82) is 0 Å². The lowest BCUT2D eigenvalue weighted by atomic mass is 10.1. The Bertz CT molecular complexity index is 771. The van der Waals surface area contributed by atoms with E-state index in [1.165, 1.54) is 24.4 Å². The second-order valence-electron chi connectivity index (χ2n) is 4.70. The Labute approximate surface area is 147 Å². The largest absolute Gasteiger partial charge is 0.385 e. The second-order valence-corrected chi connectivity index (χ2v) is 5.46. The number of aliphatic imine (C=N–C) groups is 1. The quantitative estimate of drug-likeness (QED) is 0.479. The number of hydrogen-bond donors (Lipinski definition) is 1. The maximum Gasteiger partial charge on any atom is 0.281 e. The fraction of sp³-hybridized carbons (Fsp3) is 0.200. The molecule has 0 fully saturated rings. The zero-order valence-electron chi connectivity index (χ0n) is 12.4. The summed E-state index contributed by atoms with van der Waals surface area (Å²) in [5.74, 6) is -1.09. The molecule has 6 nitrogen and oxygen atoms in total. The highest BCUT2D eigenvalue weighted by molar-refractivity contribution is 6.32. The number of aromatic nitrogens is 2. The zero-order valence-corrected chi connectivity index (χ0v) is 13.9. The lowest BCUT2D eigenvalue weighted by Crippen LogP contribution is -2.21. The highest BCUT2D eigenvalue weighted by Crippen LogP contribution is 2.16. The van der Waals surface area contributed by atoms with Crippen molar-refractivity contribution in [1.82, 2.24) is 10.2 Å². The molecular formula is C15H13Cl2FN4O2. The van der Waals surface area contributed by atoms with Gasteiger partial charge in [0.05, 0.1) is 23.4 Å². The summed E-state index contributed by atoms with van der Waals surface area (Å²) < 4.78 is 18.4. The van der Waals surface area contributed by atoms with E-state index in [0.29, 0.717) is 13.0 Å². The van der Waals surface area contributed by atoms with Crippen molar-refractivity contribution in [2.24, 2.45) is 10.7 Å². The molecule has 1 aromatic carbocycles. The van der Waals surface area contributed by atoms with E-state index in [0.717, 1.165) is 5.56 Å². The summed E-state index contributed by atoms with van der Waals surface area (Å²) in [4.78, 5) is 15.6. The van der Waals surface area contributed by atoms with Gasteiger partial charge in [0.25, 0.3) is 5.91 Å². The van der Waals surface area contributed by atoms with E-state index in [1.54, 1.807) is 6.07 Å². The summed E-state index contributed by atoms with van der Waals surface area (Å²) in [7, 11) is 0. The summed E-state index contributed by atoms with van der Waals surface area (Å²) >= 11 is 11.4. The molecule has 0 unspecified atom stereocenters. The maximum absolute atomic E-state index is 13.0. The molecule has 0 aliphatic heterocycles. The summed E-state index contributed by atoms with van der Waals surface area (Å²) in [6, 6.07) is 5.83. The average molecular weight is 371 g/mol. The van der Waals surface area contributed by atoms with Gasteiger partial charge in [-0.15, -0.1) is 5.10 Å². The van der Waals surface area contributed by atoms with Crippen LogP contribution in [0.4, 0.5) is 4.39 Å². The van der Waals surface area contributed by atoms with Crippen LogP contribution in [0.3, 0.4) is 0 Å². The number of amidine groups is 1. The first-order valence-electron chi connectivity index (χ1n) is 6.83. The van der Waals surface area contributed by atoms with Crippen LogP contribution in [-0.4, -0.2) is 35.2 Å². The van der Waals surface area contributed by atoms with E-state index in [1.807, 2.05) is 0 Å². The number of halogens is 3. The third kappa shape index (κ3) is 5.23. The van der Waals surface area contributed by atoms with Crippen molar-refractivity contribution in [3.8, 4) is 0 Å². The van der Waals surface area contributed by atoms with Crippen molar-refractivity contribution in [3.63, 3.8) is 0 Å². The van der Waals surface area contributed by atoms with Crippen molar-refractivity contribution in [2.45, 2.75) is 6.42 Å². The average Bonchev–Trinajstić information content (AvgIpc) is 2.55. The molecule has 2 rings (SSSR count). The van der Waals surface area contributed by atoms with Gasteiger partial charge in [-0.25, -0.2) is 4.39 Å². The van der Waals surface area contributed by atoms with E-state index < -0.39 is 11.7 Å². The maximum atomic E-state index is 13.0. The van der Waals surface area contributed by atoms with Crippen LogP contribution in [0.1, 0.15) is 15.9 Å². The lowest BCUT2D eigenvalue weighted by molar-refractivity contribution is 0.1000. The number of ether oxygens (including phenoxy) is 1. The Kier molecular flexibility index (Phi) is 6.60. The van der Waals surface area contributed by atoms with Crippen LogP contribution in [0, 0.1) is 5.82 Å². The fourth-order valence-corrected chi connectivity index (χ4v) is 2.15. The zero-order chi connectivity index (χ0) is 17.5. The number of nitrogens with zero attached hydrogens (tertiary/aromatic N) is 3. The van der Waals surface area contributed by atoms with E-state index in [4.69, 9.17) is 33.7 Å². The molecule has 126 valence electrons. The third-order valence-electron chi connectivity index (χ3n) is 2.92. The molecular weight excluding hydrogens is 358 g/mol. The van der Waals surface area contributed by atoms with Gasteiger partial charge < -0.3 is 10.5 Å². The Balaban J connectivity index is 1.82. The summed E-state index contributed by atoms with van der Waals surface area (Å²) in [6.07, 6.45) is 1.84. The normalized spacial score (nSPS) is 11.5. The molecule has 1 amide bonds. The number of rotatable bonds is 6. The topological polar surface area (TPSA) is 90.5 Å². The molecule has 0 aliphatic rings. The molecule has 2 N–H and O–H groups in total. The molecule has 24 heavy (non-hydrogen) atoms. The van der Waals surface area contributed by atoms with Crippen molar-refractivity contribution in [3.05, 3.63) is 57.6 Å². The van der Waals surface area contributed by atoms with Crippen LogP contribution in [0.2, 0.25) is 10.2 Å². The predicted molar refractivity (Wildman–Crippen MR) is 88.9 cm³/mol. The molecule has 9 heteroatoms. The first kappa shape index (κ1) is 18.3. The number of carbonyl (C=O) groups excluding carboxylic acids is 1. The molecule has 1 aromatic heterocycles. The van der Waals surface area contributed by atoms with Gasteiger partial charge in [-0.05, 0) is 30.2 Å². The van der Waals surface area contributed by atoms with Crippen LogP contribution >= 0.6 is 23.2 Å². The Morgan fingerprint density at radius 3 is 2.83 bits per heavy atom. The molecule has 0 spiro atoms. The minimum absolute atomic E-state index is 0.00465. The predicted octanol–water partition coefficient (Wildman–Crippen LogP) is 2.68. The van der Waals surface area contributed by atoms with Crippen LogP contribution in [0.25, 0.3) is 0 Å². The van der Waals surface area contributed by atoms with Gasteiger partial charge in [0.1, 0.15) is 18.3 Å². The Hall–Kier alpha value is -2.09. The third-order valence-corrected chi connectivity index (χ3v) is 3.49. The van der Waals surface area contributed by atoms with Gasteiger partial charge in [0.2, 0.25) is 0 Å². The van der Waals surface area contributed by atoms with Crippen LogP contribution < -0.4 is 5.73 Å². The van der Waals surface area contributed by atoms with Gasteiger partial charge in [-0.2, -0.15) is 10.1 Å². The Morgan fingerprint density at radius 2 is 2.12 bits per heavy atom. The summed E-state index contributed by atoms with van der Waals surface area (Å²) in [5.41, 5.74) is 6.57. The summed E-state index contributed by atoms with van der Waals surface area (Å²) in [5, 5.41) is 7.09. The number of nitrogens with two attached hydrogens (primary N) is 1. The van der Waals surface area contributed by atoms with Gasteiger partial charge in [-0.1, -0.05) is 29.3 Å². The Morgan fingerprint density at radius 1 is 1.33 bits per heavy atom. The highest BCUT2D eigenvalue weighted by Gasteiger charge is 2.11. The van der Waals surface area contributed by atoms with E-state index in [9.17, 15) is 9.18 Å². The molecule has 0 saturated heterocycles. The second kappa shape index (κ2) is 8.68. The highest BCUT2D eigenvalue weighted by atomic mass is 35.5. The number of hydrogen-bond acceptors (Lipinski definition) is 4. The van der Waals surface area contributed by atoms with Gasteiger partial charge in [-0.3, -0.25) is 4.79 Å². The standard InChI is InChI=1S/C15H13Cl2FN4O2/c16-11-7-9(1-2-12(11)18)4-6-24-8-13(19)21-15(23)10-3-5-20-22-14(10)17/h1-3,5,7H,4,6,8H2,(H2,19,21,23). The monoisotopic (exact) mass is 370 g/mol. The molecule has 0 radical (unpaired) electrons. The molecule has 0 saturated carbocycles. The molecule has 0 aliphatic carbocycles. The summed E-state index contributed by atoms with van der Waals surface area (Å²) in [6.45, 7) is 0.279. The van der Waals surface area contributed by atoms with E-state index >= 15 is 0 Å². The first-order chi connectivity index (χ1) is 11.5. The first-order valence-corrected chi connectivity index (χ1v) is 7.59. The van der Waals surface area contributed by atoms with Crippen molar-refractivity contribution < 1.29 is 13.9 Å². The smallest absolute Gasteiger partial charge is 0.281 e. The van der Waals surface area contributed by atoms with Crippen molar-refractivity contribution >= 4 is 34.9 Å². The molecule has 0 bridgehead atoms. The number of amides is 1.